The molecule has 0 saturated carbocycles. The van der Waals surface area contributed by atoms with Crippen LogP contribution in [0, 0.1) is 0 Å². The molecule has 0 spiro atoms. The Morgan fingerprint density at radius 1 is 0.944 bits per heavy atom. The number of hydrogen-bond acceptors (Lipinski definition) is 4. The van der Waals surface area contributed by atoms with Gasteiger partial charge in [0.15, 0.2) is 0 Å². The van der Waals surface area contributed by atoms with Crippen LogP contribution in [0.15, 0.2) is 48.8 Å². The summed E-state index contributed by atoms with van der Waals surface area (Å²) in [6.45, 7) is 0. The molecule has 3 aromatic rings. The number of rotatable bonds is 1. The molecule has 0 aliphatic heterocycles. The van der Waals surface area contributed by atoms with E-state index in [1.165, 1.54) is 6.33 Å². The van der Waals surface area contributed by atoms with Gasteiger partial charge < -0.3 is 10.8 Å². The molecular formula is C14H11N3O. The molecule has 2 aromatic carbocycles. The molecule has 1 heterocycles. The SMILES string of the molecule is Nc1c(O)cccc1-c1ncnc2ccccc12. The topological polar surface area (TPSA) is 72.0 Å². The van der Waals surface area contributed by atoms with Gasteiger partial charge in [-0.3, -0.25) is 0 Å². The molecular weight excluding hydrogens is 226 g/mol. The number of anilines is 1. The highest BCUT2D eigenvalue weighted by Gasteiger charge is 2.10. The molecule has 0 atom stereocenters. The summed E-state index contributed by atoms with van der Waals surface area (Å²) >= 11 is 0. The lowest BCUT2D eigenvalue weighted by Gasteiger charge is -2.08. The lowest BCUT2D eigenvalue weighted by molar-refractivity contribution is 0.478. The first kappa shape index (κ1) is 10.5. The molecule has 0 aliphatic rings. The fraction of sp³-hybridized carbons (Fsp3) is 0. The molecule has 0 saturated heterocycles. The Morgan fingerprint density at radius 2 is 1.78 bits per heavy atom. The largest absolute Gasteiger partial charge is 0.506 e. The van der Waals surface area contributed by atoms with Gasteiger partial charge in [0.05, 0.1) is 16.9 Å². The third-order valence-electron chi connectivity index (χ3n) is 2.88. The monoisotopic (exact) mass is 237 g/mol. The predicted molar refractivity (Wildman–Crippen MR) is 71.1 cm³/mol. The van der Waals surface area contributed by atoms with Gasteiger partial charge in [-0.1, -0.05) is 30.3 Å². The van der Waals surface area contributed by atoms with E-state index < -0.39 is 0 Å². The highest BCUT2D eigenvalue weighted by molar-refractivity contribution is 5.95. The van der Waals surface area contributed by atoms with Crippen molar-refractivity contribution in [1.82, 2.24) is 9.97 Å². The van der Waals surface area contributed by atoms with Gasteiger partial charge in [0.1, 0.15) is 12.1 Å². The first-order valence-electron chi connectivity index (χ1n) is 5.55. The second-order valence-corrected chi connectivity index (χ2v) is 3.98. The van der Waals surface area contributed by atoms with E-state index in [4.69, 9.17) is 5.73 Å². The normalized spacial score (nSPS) is 10.7. The number of fused-ring (bicyclic) bond motifs is 1. The van der Waals surface area contributed by atoms with Gasteiger partial charge in [-0.15, -0.1) is 0 Å². The smallest absolute Gasteiger partial charge is 0.139 e. The van der Waals surface area contributed by atoms with Crippen LogP contribution in [0.4, 0.5) is 5.69 Å². The Morgan fingerprint density at radius 3 is 2.67 bits per heavy atom. The maximum Gasteiger partial charge on any atom is 0.139 e. The summed E-state index contributed by atoms with van der Waals surface area (Å²) in [5.74, 6) is 0.0650. The van der Waals surface area contributed by atoms with E-state index in [2.05, 4.69) is 9.97 Å². The molecule has 88 valence electrons. The Bertz CT molecular complexity index is 720. The maximum absolute atomic E-state index is 9.67. The molecule has 1 aromatic heterocycles. The fourth-order valence-electron chi connectivity index (χ4n) is 1.98. The van der Waals surface area contributed by atoms with Crippen LogP contribution in [0.5, 0.6) is 5.75 Å². The summed E-state index contributed by atoms with van der Waals surface area (Å²) in [6.07, 6.45) is 1.50. The van der Waals surface area contributed by atoms with Gasteiger partial charge in [-0.25, -0.2) is 9.97 Å². The second kappa shape index (κ2) is 4.00. The Hall–Kier alpha value is -2.62. The van der Waals surface area contributed by atoms with Crippen LogP contribution in [-0.2, 0) is 0 Å². The zero-order valence-electron chi connectivity index (χ0n) is 9.54. The molecule has 3 rings (SSSR count). The highest BCUT2D eigenvalue weighted by atomic mass is 16.3. The van der Waals surface area contributed by atoms with Crippen LogP contribution in [0.1, 0.15) is 0 Å². The van der Waals surface area contributed by atoms with E-state index in [0.29, 0.717) is 11.3 Å². The summed E-state index contributed by atoms with van der Waals surface area (Å²) < 4.78 is 0. The minimum Gasteiger partial charge on any atom is -0.506 e. The molecule has 0 bridgehead atoms. The summed E-state index contributed by atoms with van der Waals surface area (Å²) in [7, 11) is 0. The number of aromatic nitrogens is 2. The summed E-state index contributed by atoms with van der Waals surface area (Å²) in [5.41, 5.74) is 8.53. The van der Waals surface area contributed by atoms with E-state index in [1.807, 2.05) is 30.3 Å². The van der Waals surface area contributed by atoms with Gasteiger partial charge in [-0.2, -0.15) is 0 Å². The minimum atomic E-state index is 0.0650. The number of phenols is 1. The van der Waals surface area contributed by atoms with Gasteiger partial charge in [0.25, 0.3) is 0 Å². The molecule has 4 heteroatoms. The van der Waals surface area contributed by atoms with Gasteiger partial charge in [-0.05, 0) is 12.1 Å². The van der Waals surface area contributed by atoms with Crippen molar-refractivity contribution in [2.45, 2.75) is 0 Å². The van der Waals surface area contributed by atoms with Gasteiger partial charge in [0.2, 0.25) is 0 Å². The first-order chi connectivity index (χ1) is 8.77. The quantitative estimate of drug-likeness (QED) is 0.504. The molecule has 0 unspecified atom stereocenters. The van der Waals surface area contributed by atoms with Crippen LogP contribution >= 0.6 is 0 Å². The fourth-order valence-corrected chi connectivity index (χ4v) is 1.98. The molecule has 0 fully saturated rings. The minimum absolute atomic E-state index is 0.0650. The Kier molecular flexibility index (Phi) is 2.34. The van der Waals surface area contributed by atoms with Gasteiger partial charge in [0, 0.05) is 10.9 Å². The zero-order chi connectivity index (χ0) is 12.5. The lowest BCUT2D eigenvalue weighted by Crippen LogP contribution is -1.94. The number of nitrogen functional groups attached to an aromatic ring is 1. The van der Waals surface area contributed by atoms with E-state index in [-0.39, 0.29) is 5.75 Å². The number of phenolic OH excluding ortho intramolecular Hbond substituents is 1. The van der Waals surface area contributed by atoms with Crippen molar-refractivity contribution in [3.05, 3.63) is 48.8 Å². The Balaban J connectivity index is 2.35. The van der Waals surface area contributed by atoms with Crippen LogP contribution in [0.2, 0.25) is 0 Å². The maximum atomic E-state index is 9.67. The second-order valence-electron chi connectivity index (χ2n) is 3.98. The van der Waals surface area contributed by atoms with Crippen molar-refractivity contribution in [3.63, 3.8) is 0 Å². The lowest BCUT2D eigenvalue weighted by atomic mass is 10.0. The third-order valence-corrected chi connectivity index (χ3v) is 2.88. The number of aromatic hydroxyl groups is 1. The molecule has 0 radical (unpaired) electrons. The summed E-state index contributed by atoms with van der Waals surface area (Å²) in [4.78, 5) is 8.48. The number of para-hydroxylation sites is 2. The molecule has 18 heavy (non-hydrogen) atoms. The summed E-state index contributed by atoms with van der Waals surface area (Å²) in [5, 5.41) is 10.6. The van der Waals surface area contributed by atoms with Crippen molar-refractivity contribution in [2.75, 3.05) is 5.73 Å². The van der Waals surface area contributed by atoms with E-state index >= 15 is 0 Å². The van der Waals surface area contributed by atoms with Crippen LogP contribution < -0.4 is 5.73 Å². The standard InChI is InChI=1S/C14H11N3O/c15-13-10(5-3-7-12(13)18)14-9-4-1-2-6-11(9)16-8-17-14/h1-8,18H,15H2. The van der Waals surface area contributed by atoms with Crippen molar-refractivity contribution in [3.8, 4) is 17.0 Å². The first-order valence-corrected chi connectivity index (χ1v) is 5.55. The van der Waals surface area contributed by atoms with Crippen molar-refractivity contribution in [1.29, 1.82) is 0 Å². The number of benzene rings is 2. The predicted octanol–water partition coefficient (Wildman–Crippen LogP) is 2.58. The molecule has 3 N–H and O–H groups in total. The van der Waals surface area contributed by atoms with E-state index in [1.54, 1.807) is 12.1 Å². The molecule has 0 amide bonds. The van der Waals surface area contributed by atoms with Crippen LogP contribution in [0.3, 0.4) is 0 Å². The number of hydrogen-bond donors (Lipinski definition) is 2. The van der Waals surface area contributed by atoms with Crippen molar-refractivity contribution in [2.24, 2.45) is 0 Å². The van der Waals surface area contributed by atoms with Crippen LogP contribution in [0.25, 0.3) is 22.2 Å². The van der Waals surface area contributed by atoms with Gasteiger partial charge >= 0.3 is 0 Å². The number of nitrogens with two attached hydrogens (primary N) is 1. The third kappa shape index (κ3) is 1.55. The molecule has 0 aliphatic carbocycles. The zero-order valence-corrected chi connectivity index (χ0v) is 9.54. The number of nitrogens with zero attached hydrogens (tertiary/aromatic N) is 2. The molecule has 4 nitrogen and oxygen atoms in total. The van der Waals surface area contributed by atoms with E-state index in [0.717, 1.165) is 16.6 Å². The summed E-state index contributed by atoms with van der Waals surface area (Å²) in [6, 6.07) is 12.8. The van der Waals surface area contributed by atoms with Crippen molar-refractivity contribution >= 4 is 16.6 Å². The Labute approximate surface area is 104 Å². The average Bonchev–Trinajstić information content (AvgIpc) is 2.41. The van der Waals surface area contributed by atoms with Crippen LogP contribution in [-0.4, -0.2) is 15.1 Å². The highest BCUT2D eigenvalue weighted by Crippen LogP contribution is 2.34. The average molecular weight is 237 g/mol. The van der Waals surface area contributed by atoms with Crippen molar-refractivity contribution < 1.29 is 5.11 Å². The van der Waals surface area contributed by atoms with E-state index in [9.17, 15) is 5.11 Å².